The van der Waals surface area contributed by atoms with Crippen molar-refractivity contribution < 1.29 is 18.8 Å². The van der Waals surface area contributed by atoms with Crippen molar-refractivity contribution in [3.63, 3.8) is 0 Å². The number of hydrogen-bond donors (Lipinski definition) is 0. The van der Waals surface area contributed by atoms with Gasteiger partial charge in [0.05, 0.1) is 26.2 Å². The third-order valence-electron chi connectivity index (χ3n) is 4.03. The standard InChI is InChI=1S/C20H12ClFN4O4S2/c21-12-1-4-14(5-2-12)30-11-18(27)25(23-10-15-6-8-19(31-15)26(28)29)20-24-16-7-3-13(22)9-17(16)32-20/h1-10H,11H2/b23-10+. The molecule has 32 heavy (non-hydrogen) atoms. The van der Waals surface area contributed by atoms with Crippen LogP contribution in [-0.2, 0) is 4.79 Å². The van der Waals surface area contributed by atoms with Gasteiger partial charge in [-0.3, -0.25) is 14.9 Å². The Morgan fingerprint density at radius 2 is 2.00 bits per heavy atom. The zero-order valence-electron chi connectivity index (χ0n) is 16.0. The van der Waals surface area contributed by atoms with Gasteiger partial charge in [0.2, 0.25) is 5.13 Å². The molecule has 162 valence electrons. The molecule has 0 unspecified atom stereocenters. The van der Waals surface area contributed by atoms with Crippen LogP contribution in [0.2, 0.25) is 5.02 Å². The molecule has 8 nitrogen and oxygen atoms in total. The molecular formula is C20H12ClFN4O4S2. The Bertz CT molecular complexity index is 1320. The number of fused-ring (bicyclic) bond motifs is 1. The number of halogens is 2. The molecule has 12 heteroatoms. The largest absolute Gasteiger partial charge is 0.484 e. The van der Waals surface area contributed by atoms with Crippen molar-refractivity contribution in [3.8, 4) is 5.75 Å². The van der Waals surface area contributed by atoms with Gasteiger partial charge < -0.3 is 4.74 Å². The highest BCUT2D eigenvalue weighted by atomic mass is 35.5. The molecule has 2 heterocycles. The van der Waals surface area contributed by atoms with E-state index >= 15 is 0 Å². The van der Waals surface area contributed by atoms with Crippen LogP contribution in [0.25, 0.3) is 10.2 Å². The Balaban J connectivity index is 1.61. The van der Waals surface area contributed by atoms with Gasteiger partial charge in [0, 0.05) is 11.1 Å². The smallest absolute Gasteiger partial charge is 0.324 e. The number of amides is 1. The van der Waals surface area contributed by atoms with Crippen LogP contribution in [0.3, 0.4) is 0 Å². The average Bonchev–Trinajstić information content (AvgIpc) is 3.40. The summed E-state index contributed by atoms with van der Waals surface area (Å²) in [5.41, 5.74) is 0.504. The summed E-state index contributed by atoms with van der Waals surface area (Å²) >= 11 is 7.84. The van der Waals surface area contributed by atoms with E-state index in [2.05, 4.69) is 10.1 Å². The van der Waals surface area contributed by atoms with Gasteiger partial charge in [0.15, 0.2) is 6.61 Å². The average molecular weight is 491 g/mol. The number of ether oxygens (including phenoxy) is 1. The highest BCUT2D eigenvalue weighted by Gasteiger charge is 2.20. The van der Waals surface area contributed by atoms with E-state index in [1.54, 1.807) is 24.3 Å². The first-order valence-corrected chi connectivity index (χ1v) is 11.0. The maximum Gasteiger partial charge on any atom is 0.324 e. The minimum atomic E-state index is -0.540. The summed E-state index contributed by atoms with van der Waals surface area (Å²) in [5, 5.41) is 16.8. The fraction of sp³-hybridized carbons (Fsp3) is 0.0500. The van der Waals surface area contributed by atoms with E-state index in [9.17, 15) is 19.3 Å². The molecule has 4 aromatic rings. The first-order chi connectivity index (χ1) is 15.4. The molecule has 0 atom stereocenters. The Kier molecular flexibility index (Phi) is 6.40. The van der Waals surface area contributed by atoms with Gasteiger partial charge in [-0.2, -0.15) is 10.1 Å². The molecule has 0 N–H and O–H groups in total. The molecule has 0 saturated carbocycles. The number of rotatable bonds is 7. The third kappa shape index (κ3) is 5.07. The summed E-state index contributed by atoms with van der Waals surface area (Å²) in [7, 11) is 0. The lowest BCUT2D eigenvalue weighted by Gasteiger charge is -2.14. The zero-order chi connectivity index (χ0) is 22.7. The zero-order valence-corrected chi connectivity index (χ0v) is 18.4. The molecule has 2 aromatic carbocycles. The molecule has 0 fully saturated rings. The molecule has 2 aromatic heterocycles. The SMILES string of the molecule is O=C(COc1ccc(Cl)cc1)N(/N=C/c1ccc([N+](=O)[O-])s1)c1nc2ccc(F)cc2s1. The van der Waals surface area contributed by atoms with Gasteiger partial charge in [-0.15, -0.1) is 0 Å². The number of hydrazone groups is 1. The van der Waals surface area contributed by atoms with E-state index in [1.807, 2.05) is 0 Å². The number of aromatic nitrogens is 1. The van der Waals surface area contributed by atoms with Crippen LogP contribution in [0.4, 0.5) is 14.5 Å². The molecule has 0 bridgehead atoms. The third-order valence-corrected chi connectivity index (χ3v) is 6.24. The number of thiophene rings is 1. The van der Waals surface area contributed by atoms with Crippen LogP contribution in [0.1, 0.15) is 4.88 Å². The summed E-state index contributed by atoms with van der Waals surface area (Å²) in [4.78, 5) is 28.1. The number of nitrogens with zero attached hydrogens (tertiary/aromatic N) is 4. The number of anilines is 1. The number of carbonyl (C=O) groups excluding carboxylic acids is 1. The van der Waals surface area contributed by atoms with E-state index in [4.69, 9.17) is 16.3 Å². The van der Waals surface area contributed by atoms with Crippen molar-refractivity contribution in [1.82, 2.24) is 4.98 Å². The molecule has 0 aliphatic carbocycles. The maximum absolute atomic E-state index is 13.6. The minimum absolute atomic E-state index is 0.0501. The first kappa shape index (κ1) is 21.8. The van der Waals surface area contributed by atoms with Gasteiger partial charge in [-0.05, 0) is 48.5 Å². The number of nitro groups is 1. The van der Waals surface area contributed by atoms with Crippen molar-refractivity contribution >= 4 is 66.7 Å². The lowest BCUT2D eigenvalue weighted by atomic mass is 10.3. The lowest BCUT2D eigenvalue weighted by molar-refractivity contribution is -0.380. The van der Waals surface area contributed by atoms with E-state index in [-0.39, 0.29) is 16.7 Å². The van der Waals surface area contributed by atoms with Crippen LogP contribution < -0.4 is 9.75 Å². The molecule has 0 aliphatic heterocycles. The summed E-state index contributed by atoms with van der Waals surface area (Å²) in [6, 6.07) is 13.5. The van der Waals surface area contributed by atoms with Gasteiger partial charge in [0.1, 0.15) is 11.6 Å². The second kappa shape index (κ2) is 9.39. The molecule has 0 spiro atoms. The number of carbonyl (C=O) groups is 1. The molecule has 0 saturated heterocycles. The van der Waals surface area contributed by atoms with E-state index in [0.29, 0.717) is 25.9 Å². The predicted octanol–water partition coefficient (Wildman–Crippen LogP) is 5.50. The monoisotopic (exact) mass is 490 g/mol. The van der Waals surface area contributed by atoms with Gasteiger partial charge in [-0.1, -0.05) is 34.3 Å². The maximum atomic E-state index is 13.6. The Morgan fingerprint density at radius 1 is 1.22 bits per heavy atom. The Hall–Kier alpha value is -3.41. The highest BCUT2D eigenvalue weighted by molar-refractivity contribution is 7.22. The predicted molar refractivity (Wildman–Crippen MR) is 123 cm³/mol. The van der Waals surface area contributed by atoms with E-state index in [1.165, 1.54) is 36.5 Å². The van der Waals surface area contributed by atoms with Crippen LogP contribution in [-0.4, -0.2) is 28.6 Å². The van der Waals surface area contributed by atoms with Gasteiger partial charge >= 0.3 is 5.00 Å². The first-order valence-electron chi connectivity index (χ1n) is 8.95. The fourth-order valence-corrected chi connectivity index (χ4v) is 4.34. The van der Waals surface area contributed by atoms with E-state index in [0.717, 1.165) is 27.7 Å². The second-order valence-corrected chi connectivity index (χ2v) is 8.77. The fourth-order valence-electron chi connectivity index (χ4n) is 2.56. The minimum Gasteiger partial charge on any atom is -0.484 e. The summed E-state index contributed by atoms with van der Waals surface area (Å²) in [5.74, 6) is -0.528. The topological polar surface area (TPSA) is 97.9 Å². The van der Waals surface area contributed by atoms with Crippen molar-refractivity contribution in [2.45, 2.75) is 0 Å². The number of hydrogen-bond acceptors (Lipinski definition) is 8. The van der Waals surface area contributed by atoms with Crippen molar-refractivity contribution in [1.29, 1.82) is 0 Å². The highest BCUT2D eigenvalue weighted by Crippen LogP contribution is 2.30. The van der Waals surface area contributed by atoms with Crippen molar-refractivity contribution in [3.05, 3.63) is 80.4 Å². The molecule has 1 amide bonds. The molecular weight excluding hydrogens is 479 g/mol. The Morgan fingerprint density at radius 3 is 2.72 bits per heavy atom. The van der Waals surface area contributed by atoms with Crippen molar-refractivity contribution in [2.24, 2.45) is 5.10 Å². The van der Waals surface area contributed by atoms with Crippen molar-refractivity contribution in [2.75, 3.05) is 11.6 Å². The van der Waals surface area contributed by atoms with Crippen LogP contribution in [0, 0.1) is 15.9 Å². The normalized spacial score (nSPS) is 11.2. The van der Waals surface area contributed by atoms with Crippen LogP contribution in [0.5, 0.6) is 5.75 Å². The van der Waals surface area contributed by atoms with Crippen LogP contribution in [0.15, 0.2) is 59.7 Å². The molecule has 0 radical (unpaired) electrons. The molecule has 4 rings (SSSR count). The van der Waals surface area contributed by atoms with Gasteiger partial charge in [-0.25, -0.2) is 9.37 Å². The molecule has 0 aliphatic rings. The second-order valence-electron chi connectivity index (χ2n) is 6.23. The van der Waals surface area contributed by atoms with Crippen LogP contribution >= 0.6 is 34.3 Å². The van der Waals surface area contributed by atoms with Gasteiger partial charge in [0.25, 0.3) is 5.91 Å². The Labute approximate surface area is 193 Å². The van der Waals surface area contributed by atoms with E-state index < -0.39 is 16.6 Å². The summed E-state index contributed by atoms with van der Waals surface area (Å²) < 4.78 is 19.6. The summed E-state index contributed by atoms with van der Waals surface area (Å²) in [6.07, 6.45) is 1.32. The summed E-state index contributed by atoms with van der Waals surface area (Å²) in [6.45, 7) is -0.353. The lowest BCUT2D eigenvalue weighted by Crippen LogP contribution is -2.30. The quantitative estimate of drug-likeness (QED) is 0.193. The number of thiazole rings is 1. The number of benzene rings is 2.